The molecule has 10 nitrogen and oxygen atoms in total. The number of halogens is 2. The SMILES string of the molecule is C=CC(=O)Nc1cnn(C)c1Nc1ncc(OCc2c(F)c(OC)cc(OC)c2F)cn1. The first-order valence-electron chi connectivity index (χ1n) is 9.14. The molecule has 2 N–H and O–H groups in total. The van der Waals surface area contributed by atoms with Gasteiger partial charge in [0, 0.05) is 13.1 Å². The maximum atomic E-state index is 14.4. The van der Waals surface area contributed by atoms with Gasteiger partial charge in [-0.3, -0.25) is 9.48 Å². The van der Waals surface area contributed by atoms with Crippen molar-refractivity contribution >= 4 is 23.4 Å². The third-order valence-electron chi connectivity index (χ3n) is 4.29. The Morgan fingerprint density at radius 1 is 1.16 bits per heavy atom. The minimum Gasteiger partial charge on any atom is -0.494 e. The summed E-state index contributed by atoms with van der Waals surface area (Å²) in [5.74, 6) is -1.76. The first kappa shape index (κ1) is 22.5. The van der Waals surface area contributed by atoms with Gasteiger partial charge >= 0.3 is 0 Å². The monoisotopic (exact) mass is 446 g/mol. The summed E-state index contributed by atoms with van der Waals surface area (Å²) in [5, 5.41) is 9.58. The predicted octanol–water partition coefficient (Wildman–Crippen LogP) is 2.95. The van der Waals surface area contributed by atoms with Crippen LogP contribution in [0.4, 0.5) is 26.2 Å². The topological polar surface area (TPSA) is 112 Å². The number of hydrogen-bond donors (Lipinski definition) is 2. The Morgan fingerprint density at radius 3 is 2.34 bits per heavy atom. The smallest absolute Gasteiger partial charge is 0.247 e. The van der Waals surface area contributed by atoms with Gasteiger partial charge in [-0.1, -0.05) is 6.58 Å². The van der Waals surface area contributed by atoms with E-state index < -0.39 is 24.1 Å². The molecule has 3 rings (SSSR count). The van der Waals surface area contributed by atoms with Crippen molar-refractivity contribution in [1.82, 2.24) is 19.7 Å². The molecule has 0 saturated heterocycles. The van der Waals surface area contributed by atoms with Crippen LogP contribution in [-0.4, -0.2) is 39.9 Å². The van der Waals surface area contributed by atoms with E-state index in [1.807, 2.05) is 0 Å². The number of carbonyl (C=O) groups excluding carboxylic acids is 1. The molecule has 0 saturated carbocycles. The van der Waals surface area contributed by atoms with Crippen LogP contribution in [0.5, 0.6) is 17.2 Å². The molecule has 0 aliphatic heterocycles. The number of aromatic nitrogens is 4. The van der Waals surface area contributed by atoms with Gasteiger partial charge in [0.15, 0.2) is 34.7 Å². The Bertz CT molecular complexity index is 1110. The average Bonchev–Trinajstić information content (AvgIpc) is 3.13. The molecule has 0 fully saturated rings. The second-order valence-electron chi connectivity index (χ2n) is 6.27. The van der Waals surface area contributed by atoms with E-state index in [9.17, 15) is 13.6 Å². The summed E-state index contributed by atoms with van der Waals surface area (Å²) in [5.41, 5.74) is 0.0418. The molecule has 0 aliphatic carbocycles. The molecule has 1 aromatic carbocycles. The summed E-state index contributed by atoms with van der Waals surface area (Å²) in [6, 6.07) is 1.11. The number of aryl methyl sites for hydroxylation is 1. The number of carbonyl (C=O) groups is 1. The van der Waals surface area contributed by atoms with E-state index >= 15 is 0 Å². The largest absolute Gasteiger partial charge is 0.494 e. The second-order valence-corrected chi connectivity index (χ2v) is 6.27. The highest BCUT2D eigenvalue weighted by Crippen LogP contribution is 2.32. The Kier molecular flexibility index (Phi) is 6.83. The molecule has 0 spiro atoms. The molecule has 0 bridgehead atoms. The first-order valence-corrected chi connectivity index (χ1v) is 9.14. The third-order valence-corrected chi connectivity index (χ3v) is 4.29. The fraction of sp³-hybridized carbons (Fsp3) is 0.200. The molecule has 168 valence electrons. The van der Waals surface area contributed by atoms with Crippen LogP contribution in [-0.2, 0) is 18.4 Å². The van der Waals surface area contributed by atoms with Crippen molar-refractivity contribution in [3.63, 3.8) is 0 Å². The van der Waals surface area contributed by atoms with Crippen molar-refractivity contribution in [2.75, 3.05) is 24.9 Å². The summed E-state index contributed by atoms with van der Waals surface area (Å²) in [6.45, 7) is 2.95. The molecule has 2 heterocycles. The molecule has 2 aromatic heterocycles. The van der Waals surface area contributed by atoms with Crippen LogP contribution < -0.4 is 24.8 Å². The van der Waals surface area contributed by atoms with Gasteiger partial charge in [-0.2, -0.15) is 5.10 Å². The summed E-state index contributed by atoms with van der Waals surface area (Å²) in [6.07, 6.45) is 5.22. The first-order chi connectivity index (χ1) is 15.4. The molecule has 0 radical (unpaired) electrons. The molecule has 12 heteroatoms. The number of nitrogens with zero attached hydrogens (tertiary/aromatic N) is 4. The third kappa shape index (κ3) is 4.74. The highest BCUT2D eigenvalue weighted by molar-refractivity contribution is 6.00. The van der Waals surface area contributed by atoms with E-state index in [1.54, 1.807) is 7.05 Å². The number of benzene rings is 1. The zero-order valence-electron chi connectivity index (χ0n) is 17.5. The lowest BCUT2D eigenvalue weighted by Gasteiger charge is -2.13. The van der Waals surface area contributed by atoms with Crippen LogP contribution in [0.2, 0.25) is 0 Å². The van der Waals surface area contributed by atoms with E-state index in [4.69, 9.17) is 14.2 Å². The normalized spacial score (nSPS) is 10.4. The zero-order chi connectivity index (χ0) is 23.3. The summed E-state index contributed by atoms with van der Waals surface area (Å²) < 4.78 is 45.6. The van der Waals surface area contributed by atoms with Crippen molar-refractivity contribution < 1.29 is 27.8 Å². The number of nitrogens with one attached hydrogen (secondary N) is 2. The van der Waals surface area contributed by atoms with E-state index in [-0.39, 0.29) is 28.8 Å². The van der Waals surface area contributed by atoms with Gasteiger partial charge in [0.2, 0.25) is 11.9 Å². The van der Waals surface area contributed by atoms with Crippen molar-refractivity contribution in [3.05, 3.63) is 54.5 Å². The minimum atomic E-state index is -0.893. The fourth-order valence-electron chi connectivity index (χ4n) is 2.64. The van der Waals surface area contributed by atoms with Crippen LogP contribution >= 0.6 is 0 Å². The fourth-order valence-corrected chi connectivity index (χ4v) is 2.64. The Balaban J connectivity index is 1.73. The molecule has 0 unspecified atom stereocenters. The Hall–Kier alpha value is -4.22. The van der Waals surface area contributed by atoms with Gasteiger partial charge in [0.25, 0.3) is 0 Å². The highest BCUT2D eigenvalue weighted by Gasteiger charge is 2.20. The second kappa shape index (κ2) is 9.73. The van der Waals surface area contributed by atoms with E-state index in [0.717, 1.165) is 12.1 Å². The quantitative estimate of drug-likeness (QED) is 0.483. The van der Waals surface area contributed by atoms with Crippen LogP contribution in [0.3, 0.4) is 0 Å². The maximum absolute atomic E-state index is 14.4. The number of hydrogen-bond acceptors (Lipinski definition) is 8. The van der Waals surface area contributed by atoms with Crippen LogP contribution in [0.1, 0.15) is 5.56 Å². The summed E-state index contributed by atoms with van der Waals surface area (Å²) in [4.78, 5) is 19.7. The molecule has 0 aliphatic rings. The predicted molar refractivity (Wildman–Crippen MR) is 111 cm³/mol. The van der Waals surface area contributed by atoms with Gasteiger partial charge in [-0.05, 0) is 6.08 Å². The van der Waals surface area contributed by atoms with Crippen LogP contribution in [0, 0.1) is 11.6 Å². The summed E-state index contributed by atoms with van der Waals surface area (Å²) >= 11 is 0. The van der Waals surface area contributed by atoms with E-state index in [1.165, 1.54) is 37.5 Å². The number of anilines is 3. The zero-order valence-corrected chi connectivity index (χ0v) is 17.5. The van der Waals surface area contributed by atoms with Gasteiger partial charge in [0.05, 0.1) is 38.4 Å². The Morgan fingerprint density at radius 2 is 1.78 bits per heavy atom. The summed E-state index contributed by atoms with van der Waals surface area (Å²) in [7, 11) is 4.18. The van der Waals surface area contributed by atoms with Gasteiger partial charge in [-0.25, -0.2) is 18.7 Å². The number of amides is 1. The number of methoxy groups -OCH3 is 2. The minimum absolute atomic E-state index is 0.168. The maximum Gasteiger partial charge on any atom is 0.247 e. The number of ether oxygens (including phenoxy) is 3. The number of rotatable bonds is 9. The van der Waals surface area contributed by atoms with E-state index in [2.05, 4.69) is 32.3 Å². The molecular formula is C20H20F2N6O4. The van der Waals surface area contributed by atoms with Crippen molar-refractivity contribution in [1.29, 1.82) is 0 Å². The standard InChI is InChI=1S/C20H20F2N6O4/c1-5-16(29)26-13-9-25-28(2)19(13)27-20-23-7-11(8-24-20)32-10-12-17(21)14(30-3)6-15(31-4)18(12)22/h5-9H,1,10H2,2-4H3,(H,26,29)(H,23,24,27). The lowest BCUT2D eigenvalue weighted by molar-refractivity contribution is -0.111. The van der Waals surface area contributed by atoms with Crippen LogP contribution in [0.15, 0.2) is 37.3 Å². The van der Waals surface area contributed by atoms with Crippen molar-refractivity contribution in [2.24, 2.45) is 7.05 Å². The molecule has 0 atom stereocenters. The molecule has 1 amide bonds. The van der Waals surface area contributed by atoms with Crippen LogP contribution in [0.25, 0.3) is 0 Å². The van der Waals surface area contributed by atoms with Gasteiger partial charge in [-0.15, -0.1) is 0 Å². The van der Waals surface area contributed by atoms with Gasteiger partial charge in [0.1, 0.15) is 12.3 Å². The van der Waals surface area contributed by atoms with Crippen molar-refractivity contribution in [2.45, 2.75) is 6.61 Å². The molecule has 3 aromatic rings. The average molecular weight is 446 g/mol. The lowest BCUT2D eigenvalue weighted by Crippen LogP contribution is -2.10. The molecule has 32 heavy (non-hydrogen) atoms. The molecular weight excluding hydrogens is 426 g/mol. The highest BCUT2D eigenvalue weighted by atomic mass is 19.1. The Labute approximate surface area is 181 Å². The van der Waals surface area contributed by atoms with Crippen molar-refractivity contribution in [3.8, 4) is 17.2 Å². The van der Waals surface area contributed by atoms with E-state index in [0.29, 0.717) is 11.5 Å². The lowest BCUT2D eigenvalue weighted by atomic mass is 10.1. The van der Waals surface area contributed by atoms with Gasteiger partial charge < -0.3 is 24.8 Å².